The Morgan fingerprint density at radius 2 is 2.00 bits per heavy atom. The van der Waals surface area contributed by atoms with Crippen LogP contribution in [0, 0.1) is 0 Å². The van der Waals surface area contributed by atoms with Crippen LogP contribution < -0.4 is 20.3 Å². The third kappa shape index (κ3) is 5.40. The summed E-state index contributed by atoms with van der Waals surface area (Å²) in [7, 11) is -2.19. The van der Waals surface area contributed by atoms with E-state index in [-0.39, 0.29) is 35.3 Å². The van der Waals surface area contributed by atoms with Crippen molar-refractivity contribution in [3.05, 3.63) is 34.2 Å². The van der Waals surface area contributed by atoms with E-state index < -0.39 is 10.0 Å². The highest BCUT2D eigenvalue weighted by Gasteiger charge is 2.21. The number of hydrogen-bond acceptors (Lipinski definition) is 7. The van der Waals surface area contributed by atoms with Crippen LogP contribution in [-0.2, 0) is 28.3 Å². The van der Waals surface area contributed by atoms with Crippen LogP contribution in [0.1, 0.15) is 32.9 Å². The normalized spacial score (nSPS) is 11.6. The molecular weight excluding hydrogens is 448 g/mol. The van der Waals surface area contributed by atoms with Crippen molar-refractivity contribution >= 4 is 27.0 Å². The van der Waals surface area contributed by atoms with E-state index in [1.165, 1.54) is 29.8 Å². The number of aromatic nitrogens is 4. The lowest BCUT2D eigenvalue weighted by molar-refractivity contribution is -0.118. The van der Waals surface area contributed by atoms with Gasteiger partial charge in [0.05, 0.1) is 22.8 Å². The first-order valence-electron chi connectivity index (χ1n) is 10.6. The van der Waals surface area contributed by atoms with E-state index in [9.17, 15) is 18.0 Å². The van der Waals surface area contributed by atoms with E-state index >= 15 is 0 Å². The maximum atomic E-state index is 12.8. The third-order valence-corrected chi connectivity index (χ3v) is 6.32. The zero-order valence-electron chi connectivity index (χ0n) is 19.1. The molecule has 0 saturated heterocycles. The number of benzene rings is 1. The van der Waals surface area contributed by atoms with Gasteiger partial charge in [-0.1, -0.05) is 13.3 Å². The molecule has 0 spiro atoms. The zero-order chi connectivity index (χ0) is 24.2. The van der Waals surface area contributed by atoms with E-state index in [1.807, 2.05) is 6.92 Å². The summed E-state index contributed by atoms with van der Waals surface area (Å²) in [4.78, 5) is 31.1. The highest BCUT2D eigenvalue weighted by Crippen LogP contribution is 2.31. The largest absolute Gasteiger partial charge is 0.493 e. The van der Waals surface area contributed by atoms with E-state index in [4.69, 9.17) is 4.74 Å². The number of nitrogens with zero attached hydrogens (tertiary/aromatic N) is 3. The van der Waals surface area contributed by atoms with Gasteiger partial charge in [-0.3, -0.25) is 14.3 Å². The Bertz CT molecular complexity index is 1330. The van der Waals surface area contributed by atoms with Gasteiger partial charge in [-0.05, 0) is 31.5 Å². The molecule has 3 N–H and O–H groups in total. The van der Waals surface area contributed by atoms with Gasteiger partial charge >= 0.3 is 0 Å². The highest BCUT2D eigenvalue weighted by atomic mass is 32.2. The van der Waals surface area contributed by atoms with E-state index in [0.29, 0.717) is 41.1 Å². The summed E-state index contributed by atoms with van der Waals surface area (Å²) in [5.74, 6) is 0.329. The quantitative estimate of drug-likeness (QED) is 0.371. The lowest BCUT2D eigenvalue weighted by atomic mass is 10.1. The molecular formula is C21H28N6O5S. The highest BCUT2D eigenvalue weighted by molar-refractivity contribution is 7.89. The van der Waals surface area contributed by atoms with Gasteiger partial charge in [0.2, 0.25) is 15.9 Å². The minimum Gasteiger partial charge on any atom is -0.493 e. The number of nitrogens with one attached hydrogen (secondary N) is 3. The molecule has 0 aliphatic carbocycles. The topological polar surface area (TPSA) is 148 Å². The van der Waals surface area contributed by atoms with Crippen LogP contribution >= 0.6 is 0 Å². The Hall–Kier alpha value is -3.25. The van der Waals surface area contributed by atoms with Crippen LogP contribution in [-0.4, -0.2) is 53.8 Å². The Labute approximate surface area is 191 Å². The van der Waals surface area contributed by atoms with Crippen molar-refractivity contribution < 1.29 is 17.9 Å². The van der Waals surface area contributed by atoms with Crippen molar-refractivity contribution in [3.63, 3.8) is 0 Å². The van der Waals surface area contributed by atoms with E-state index in [0.717, 1.165) is 6.42 Å². The maximum Gasteiger partial charge on any atom is 0.277 e. The van der Waals surface area contributed by atoms with Crippen LogP contribution in [0.4, 0.5) is 0 Å². The van der Waals surface area contributed by atoms with Crippen LogP contribution in [0.25, 0.3) is 22.4 Å². The minimum atomic E-state index is -3.88. The standard InChI is InChI=1S/C21H28N6O5S/c1-5-7-16-18-19(27(4)26-16)21(29)25-20(24-18)15-12-14(8-9-17(15)32-6-2)33(30,31)23-11-10-22-13(3)28/h8-9,12,23H,5-7,10-11H2,1-4H3,(H,22,28)(H,24,25,29). The molecule has 0 saturated carbocycles. The first-order chi connectivity index (χ1) is 15.7. The second kappa shape index (κ2) is 10.1. The molecule has 0 radical (unpaired) electrons. The lowest BCUT2D eigenvalue weighted by Crippen LogP contribution is -2.33. The molecule has 2 heterocycles. The number of hydrogen-bond donors (Lipinski definition) is 3. The first-order valence-corrected chi connectivity index (χ1v) is 12.1. The second-order valence-corrected chi connectivity index (χ2v) is 9.17. The molecule has 1 aromatic carbocycles. The Balaban J connectivity index is 2.08. The van der Waals surface area contributed by atoms with Gasteiger partial charge in [-0.15, -0.1) is 0 Å². The summed E-state index contributed by atoms with van der Waals surface area (Å²) in [5, 5.41) is 6.94. The number of fused-ring (bicyclic) bond motifs is 1. The molecule has 3 rings (SSSR count). The number of H-pyrrole nitrogens is 1. The Kier molecular flexibility index (Phi) is 7.49. The molecule has 33 heavy (non-hydrogen) atoms. The van der Waals surface area contributed by atoms with Crippen molar-refractivity contribution in [3.8, 4) is 17.1 Å². The third-order valence-electron chi connectivity index (χ3n) is 4.86. The van der Waals surface area contributed by atoms with Gasteiger partial charge in [0.1, 0.15) is 17.1 Å². The van der Waals surface area contributed by atoms with Crippen LogP contribution in [0.5, 0.6) is 5.75 Å². The Morgan fingerprint density at radius 1 is 1.24 bits per heavy atom. The van der Waals surface area contributed by atoms with Gasteiger partial charge in [0.25, 0.3) is 5.56 Å². The molecule has 0 unspecified atom stereocenters. The number of carbonyl (C=O) groups is 1. The van der Waals surface area contributed by atoms with Crippen molar-refractivity contribution in [1.82, 2.24) is 29.8 Å². The molecule has 0 fully saturated rings. The second-order valence-electron chi connectivity index (χ2n) is 7.40. The van der Waals surface area contributed by atoms with E-state index in [2.05, 4.69) is 25.1 Å². The van der Waals surface area contributed by atoms with Gasteiger partial charge in [0, 0.05) is 27.1 Å². The summed E-state index contributed by atoms with van der Waals surface area (Å²) in [6.07, 6.45) is 1.48. The van der Waals surface area contributed by atoms with Crippen LogP contribution in [0.2, 0.25) is 0 Å². The summed E-state index contributed by atoms with van der Waals surface area (Å²) in [6, 6.07) is 4.35. The maximum absolute atomic E-state index is 12.8. The summed E-state index contributed by atoms with van der Waals surface area (Å²) < 4.78 is 35.2. The van der Waals surface area contributed by atoms with Gasteiger partial charge in [0.15, 0.2) is 5.52 Å². The molecule has 0 aliphatic rings. The molecule has 2 aromatic heterocycles. The SMILES string of the molecule is CCCc1nn(C)c2c(=O)[nH]c(-c3cc(S(=O)(=O)NCCNC(C)=O)ccc3OCC)nc12. The fraction of sp³-hybridized carbons (Fsp3) is 0.429. The molecule has 3 aromatic rings. The van der Waals surface area contributed by atoms with Gasteiger partial charge < -0.3 is 15.0 Å². The van der Waals surface area contributed by atoms with Crippen LogP contribution in [0.15, 0.2) is 27.9 Å². The number of rotatable bonds is 10. The average molecular weight is 477 g/mol. The van der Waals surface area contributed by atoms with Crippen molar-refractivity contribution in [2.45, 2.75) is 38.5 Å². The average Bonchev–Trinajstić information content (AvgIpc) is 3.07. The van der Waals surface area contributed by atoms with Crippen molar-refractivity contribution in [2.24, 2.45) is 7.05 Å². The summed E-state index contributed by atoms with van der Waals surface area (Å²) >= 11 is 0. The van der Waals surface area contributed by atoms with Gasteiger partial charge in [-0.2, -0.15) is 5.10 Å². The summed E-state index contributed by atoms with van der Waals surface area (Å²) in [6.45, 7) is 5.69. The lowest BCUT2D eigenvalue weighted by Gasteiger charge is -2.13. The Morgan fingerprint density at radius 3 is 2.67 bits per heavy atom. The van der Waals surface area contributed by atoms with Crippen molar-refractivity contribution in [1.29, 1.82) is 0 Å². The molecule has 178 valence electrons. The molecule has 0 aliphatic heterocycles. The molecule has 0 atom stereocenters. The van der Waals surface area contributed by atoms with Crippen LogP contribution in [0.3, 0.4) is 0 Å². The number of carbonyl (C=O) groups excluding carboxylic acids is 1. The number of ether oxygens (including phenoxy) is 1. The predicted octanol–water partition coefficient (Wildman–Crippen LogP) is 1.09. The van der Waals surface area contributed by atoms with E-state index in [1.54, 1.807) is 14.0 Å². The number of aromatic amines is 1. The minimum absolute atomic E-state index is 0.0218. The van der Waals surface area contributed by atoms with Crippen molar-refractivity contribution in [2.75, 3.05) is 19.7 Å². The number of amides is 1. The predicted molar refractivity (Wildman–Crippen MR) is 124 cm³/mol. The number of sulfonamides is 1. The molecule has 12 heteroatoms. The smallest absolute Gasteiger partial charge is 0.277 e. The fourth-order valence-electron chi connectivity index (χ4n) is 3.43. The van der Waals surface area contributed by atoms with Gasteiger partial charge in [-0.25, -0.2) is 18.1 Å². The fourth-order valence-corrected chi connectivity index (χ4v) is 4.49. The monoisotopic (exact) mass is 476 g/mol. The molecule has 1 amide bonds. The molecule has 0 bridgehead atoms. The summed E-state index contributed by atoms with van der Waals surface area (Å²) in [5.41, 5.74) is 1.48. The number of aryl methyl sites for hydroxylation is 2. The molecule has 11 nitrogen and oxygen atoms in total. The first kappa shape index (κ1) is 24.4. The zero-order valence-corrected chi connectivity index (χ0v) is 19.9.